The fourth-order valence-corrected chi connectivity index (χ4v) is 1.02. The Kier molecular flexibility index (Phi) is 3.76. The molecule has 0 bridgehead atoms. The van der Waals surface area contributed by atoms with E-state index in [0.29, 0.717) is 0 Å². The molecule has 4 nitrogen and oxygen atoms in total. The predicted molar refractivity (Wildman–Crippen MR) is 46.9 cm³/mol. The number of rotatable bonds is 5. The van der Waals surface area contributed by atoms with Crippen LogP contribution in [0.25, 0.3) is 0 Å². The van der Waals surface area contributed by atoms with Gasteiger partial charge in [0.25, 0.3) is 0 Å². The molecule has 0 unspecified atom stereocenters. The van der Waals surface area contributed by atoms with Crippen molar-refractivity contribution < 1.29 is 5.11 Å². The lowest BCUT2D eigenvalue weighted by Gasteiger charge is -2.13. The molecule has 0 aliphatic heterocycles. The summed E-state index contributed by atoms with van der Waals surface area (Å²) in [6.07, 6.45) is 2.71. The van der Waals surface area contributed by atoms with E-state index in [2.05, 4.69) is 15.1 Å². The molecule has 0 atom stereocenters. The summed E-state index contributed by atoms with van der Waals surface area (Å²) in [6, 6.07) is 1.97. The second-order valence-electron chi connectivity index (χ2n) is 2.86. The van der Waals surface area contributed by atoms with Crippen LogP contribution in [0.15, 0.2) is 12.3 Å². The van der Waals surface area contributed by atoms with Gasteiger partial charge in [0.2, 0.25) is 0 Å². The smallest absolute Gasteiger partial charge is 0.0558 e. The van der Waals surface area contributed by atoms with Crippen LogP contribution in [0, 0.1) is 0 Å². The Bertz CT molecular complexity index is 198. The molecule has 0 spiro atoms. The van der Waals surface area contributed by atoms with Crippen LogP contribution in [0.5, 0.6) is 0 Å². The molecule has 0 aromatic carbocycles. The van der Waals surface area contributed by atoms with Crippen LogP contribution in [-0.4, -0.2) is 46.9 Å². The van der Waals surface area contributed by atoms with Crippen LogP contribution in [0.1, 0.15) is 5.69 Å². The highest BCUT2D eigenvalue weighted by Gasteiger charge is 1.98. The SMILES string of the molecule is CN(CCO)CCc1ccn[nH]1. The third-order valence-corrected chi connectivity index (χ3v) is 1.80. The van der Waals surface area contributed by atoms with Gasteiger partial charge in [-0.15, -0.1) is 0 Å². The molecule has 0 saturated carbocycles. The van der Waals surface area contributed by atoms with E-state index in [1.807, 2.05) is 13.1 Å². The summed E-state index contributed by atoms with van der Waals surface area (Å²) in [4.78, 5) is 2.08. The largest absolute Gasteiger partial charge is 0.395 e. The fraction of sp³-hybridized carbons (Fsp3) is 0.625. The Morgan fingerprint density at radius 3 is 3.00 bits per heavy atom. The zero-order valence-electron chi connectivity index (χ0n) is 7.32. The van der Waals surface area contributed by atoms with Gasteiger partial charge >= 0.3 is 0 Å². The van der Waals surface area contributed by atoms with Gasteiger partial charge in [0.15, 0.2) is 0 Å². The molecule has 4 heteroatoms. The minimum atomic E-state index is 0.222. The van der Waals surface area contributed by atoms with E-state index in [9.17, 15) is 0 Å². The Labute approximate surface area is 72.2 Å². The highest BCUT2D eigenvalue weighted by atomic mass is 16.3. The molecule has 0 saturated heterocycles. The third-order valence-electron chi connectivity index (χ3n) is 1.80. The van der Waals surface area contributed by atoms with E-state index < -0.39 is 0 Å². The number of H-pyrrole nitrogens is 1. The molecule has 0 amide bonds. The van der Waals surface area contributed by atoms with Crippen molar-refractivity contribution in [3.05, 3.63) is 18.0 Å². The number of aliphatic hydroxyl groups excluding tert-OH is 1. The monoisotopic (exact) mass is 169 g/mol. The lowest BCUT2D eigenvalue weighted by Crippen LogP contribution is -2.24. The van der Waals surface area contributed by atoms with Crippen molar-refractivity contribution in [2.24, 2.45) is 0 Å². The first-order valence-electron chi connectivity index (χ1n) is 4.10. The average Bonchev–Trinajstić information content (AvgIpc) is 2.53. The van der Waals surface area contributed by atoms with Gasteiger partial charge < -0.3 is 10.0 Å². The molecular weight excluding hydrogens is 154 g/mol. The van der Waals surface area contributed by atoms with Crippen molar-refractivity contribution in [1.29, 1.82) is 0 Å². The summed E-state index contributed by atoms with van der Waals surface area (Å²) >= 11 is 0. The number of likely N-dealkylation sites (N-methyl/N-ethyl adjacent to an activating group) is 1. The molecule has 2 N–H and O–H groups in total. The van der Waals surface area contributed by atoms with E-state index in [1.165, 1.54) is 0 Å². The number of aromatic nitrogens is 2. The number of hydrogen-bond acceptors (Lipinski definition) is 3. The van der Waals surface area contributed by atoms with Crippen LogP contribution in [0.2, 0.25) is 0 Å². The van der Waals surface area contributed by atoms with E-state index >= 15 is 0 Å². The van der Waals surface area contributed by atoms with Gasteiger partial charge in [-0.05, 0) is 13.1 Å². The van der Waals surface area contributed by atoms with Crippen molar-refractivity contribution in [3.63, 3.8) is 0 Å². The maximum absolute atomic E-state index is 8.63. The first-order chi connectivity index (χ1) is 5.83. The molecule has 1 aromatic rings. The normalized spacial score (nSPS) is 10.9. The molecule has 12 heavy (non-hydrogen) atoms. The van der Waals surface area contributed by atoms with E-state index in [1.54, 1.807) is 6.20 Å². The van der Waals surface area contributed by atoms with E-state index in [0.717, 1.165) is 25.2 Å². The van der Waals surface area contributed by atoms with Crippen LogP contribution >= 0.6 is 0 Å². The van der Waals surface area contributed by atoms with Crippen molar-refractivity contribution >= 4 is 0 Å². The molecule has 1 aromatic heterocycles. The number of nitrogens with one attached hydrogen (secondary N) is 1. The number of hydrogen-bond donors (Lipinski definition) is 2. The van der Waals surface area contributed by atoms with Gasteiger partial charge in [0.05, 0.1) is 6.61 Å². The van der Waals surface area contributed by atoms with Crippen molar-refractivity contribution in [3.8, 4) is 0 Å². The summed E-state index contributed by atoms with van der Waals surface area (Å²) in [5, 5.41) is 15.4. The summed E-state index contributed by atoms with van der Waals surface area (Å²) < 4.78 is 0. The standard InChI is InChI=1S/C8H15N3O/c1-11(6-7-12)5-3-8-2-4-9-10-8/h2,4,12H,3,5-7H2,1H3,(H,9,10). The van der Waals surface area contributed by atoms with Crippen molar-refractivity contribution in [1.82, 2.24) is 15.1 Å². The number of nitrogens with zero attached hydrogens (tertiary/aromatic N) is 2. The average molecular weight is 169 g/mol. The fourth-order valence-electron chi connectivity index (χ4n) is 1.02. The second kappa shape index (κ2) is 4.90. The molecule has 1 rings (SSSR count). The Balaban J connectivity index is 2.17. The Morgan fingerprint density at radius 2 is 2.42 bits per heavy atom. The second-order valence-corrected chi connectivity index (χ2v) is 2.86. The van der Waals surface area contributed by atoms with E-state index in [4.69, 9.17) is 5.11 Å². The van der Waals surface area contributed by atoms with Crippen molar-refractivity contribution in [2.45, 2.75) is 6.42 Å². The third kappa shape index (κ3) is 3.02. The lowest BCUT2D eigenvalue weighted by atomic mass is 10.3. The zero-order valence-corrected chi connectivity index (χ0v) is 7.32. The Hall–Kier alpha value is -0.870. The lowest BCUT2D eigenvalue weighted by molar-refractivity contribution is 0.222. The van der Waals surface area contributed by atoms with Crippen molar-refractivity contribution in [2.75, 3.05) is 26.7 Å². The summed E-state index contributed by atoms with van der Waals surface area (Å²) in [5.41, 5.74) is 1.14. The zero-order chi connectivity index (χ0) is 8.81. The molecule has 0 fully saturated rings. The maximum Gasteiger partial charge on any atom is 0.0558 e. The number of aromatic amines is 1. The van der Waals surface area contributed by atoms with Gasteiger partial charge in [0.1, 0.15) is 0 Å². The van der Waals surface area contributed by atoms with E-state index in [-0.39, 0.29) is 6.61 Å². The quantitative estimate of drug-likeness (QED) is 0.646. The number of aliphatic hydroxyl groups is 1. The maximum atomic E-state index is 8.63. The highest BCUT2D eigenvalue weighted by Crippen LogP contribution is 1.94. The summed E-state index contributed by atoms with van der Waals surface area (Å²) in [7, 11) is 1.99. The van der Waals surface area contributed by atoms with Gasteiger partial charge in [-0.3, -0.25) is 5.10 Å². The summed E-state index contributed by atoms with van der Waals surface area (Å²) in [6.45, 7) is 1.90. The summed E-state index contributed by atoms with van der Waals surface area (Å²) in [5.74, 6) is 0. The molecular formula is C8H15N3O. The van der Waals surface area contributed by atoms with Crippen LogP contribution in [0.3, 0.4) is 0 Å². The topological polar surface area (TPSA) is 52.1 Å². The van der Waals surface area contributed by atoms with Crippen LogP contribution < -0.4 is 0 Å². The molecule has 0 radical (unpaired) electrons. The molecule has 1 heterocycles. The van der Waals surface area contributed by atoms with Gasteiger partial charge in [-0.25, -0.2) is 0 Å². The minimum Gasteiger partial charge on any atom is -0.395 e. The van der Waals surface area contributed by atoms with Gasteiger partial charge in [-0.1, -0.05) is 0 Å². The van der Waals surface area contributed by atoms with Gasteiger partial charge in [0, 0.05) is 31.4 Å². The van der Waals surface area contributed by atoms with Gasteiger partial charge in [-0.2, -0.15) is 5.10 Å². The molecule has 68 valence electrons. The van der Waals surface area contributed by atoms with Crippen LogP contribution in [-0.2, 0) is 6.42 Å². The minimum absolute atomic E-state index is 0.222. The molecule has 0 aliphatic rings. The van der Waals surface area contributed by atoms with Crippen LogP contribution in [0.4, 0.5) is 0 Å². The predicted octanol–water partition coefficient (Wildman–Crippen LogP) is -0.124. The Morgan fingerprint density at radius 1 is 1.58 bits per heavy atom. The molecule has 0 aliphatic carbocycles. The first kappa shape index (κ1) is 9.22. The highest BCUT2D eigenvalue weighted by molar-refractivity contribution is 4.97. The first-order valence-corrected chi connectivity index (χ1v) is 4.10.